The van der Waals surface area contributed by atoms with Crippen molar-refractivity contribution in [3.63, 3.8) is 0 Å². The van der Waals surface area contributed by atoms with Gasteiger partial charge in [0.25, 0.3) is 0 Å². The third-order valence-corrected chi connectivity index (χ3v) is 4.42. The molecule has 2 rings (SSSR count). The Morgan fingerprint density at radius 3 is 2.69 bits per heavy atom. The second kappa shape index (κ2) is 4.54. The van der Waals surface area contributed by atoms with Gasteiger partial charge in [-0.3, -0.25) is 0 Å². The fraction of sp³-hybridized carbons (Fsp3) is 0.556. The summed E-state index contributed by atoms with van der Waals surface area (Å²) >= 11 is 0. The molecule has 1 aromatic rings. The first-order valence-electron chi connectivity index (χ1n) is 5.10. The van der Waals surface area contributed by atoms with E-state index in [0.29, 0.717) is 38.5 Å². The maximum absolute atomic E-state index is 12.1. The van der Waals surface area contributed by atoms with E-state index in [0.717, 1.165) is 0 Å². The highest BCUT2D eigenvalue weighted by Gasteiger charge is 2.26. The fourth-order valence-corrected chi connectivity index (χ4v) is 3.05. The van der Waals surface area contributed by atoms with Gasteiger partial charge in [0.2, 0.25) is 10.0 Å². The molecule has 2 heterocycles. The number of nitrogens with one attached hydrogen (secondary N) is 1. The quantitative estimate of drug-likeness (QED) is 0.751. The molecule has 1 saturated heterocycles. The van der Waals surface area contributed by atoms with Crippen molar-refractivity contribution in [2.45, 2.75) is 11.4 Å². The Balaban J connectivity index is 2.23. The molecule has 0 amide bonds. The van der Waals surface area contributed by atoms with Crippen molar-refractivity contribution in [1.29, 1.82) is 0 Å². The van der Waals surface area contributed by atoms with Crippen LogP contribution in [0.4, 0.5) is 0 Å². The number of nitrogens with two attached hydrogens (primary N) is 1. The van der Waals surface area contributed by atoms with E-state index in [-0.39, 0.29) is 4.90 Å². The lowest BCUT2D eigenvalue weighted by Gasteiger charge is -2.25. The van der Waals surface area contributed by atoms with Crippen LogP contribution in [0.5, 0.6) is 0 Å². The predicted octanol–water partition coefficient (Wildman–Crippen LogP) is -0.506. The second-order valence-corrected chi connectivity index (χ2v) is 5.52. The molecular formula is C9H15N3O3S. The molecule has 16 heavy (non-hydrogen) atoms. The van der Waals surface area contributed by atoms with Crippen molar-refractivity contribution >= 4 is 10.0 Å². The van der Waals surface area contributed by atoms with E-state index in [4.69, 9.17) is 10.5 Å². The lowest BCUT2D eigenvalue weighted by Crippen LogP contribution is -2.40. The van der Waals surface area contributed by atoms with Crippen molar-refractivity contribution < 1.29 is 13.2 Å². The number of aromatic nitrogens is 1. The van der Waals surface area contributed by atoms with Gasteiger partial charge in [-0.1, -0.05) is 0 Å². The minimum Gasteiger partial charge on any atom is -0.379 e. The van der Waals surface area contributed by atoms with Gasteiger partial charge in [0, 0.05) is 31.5 Å². The zero-order valence-electron chi connectivity index (χ0n) is 8.85. The van der Waals surface area contributed by atoms with E-state index in [1.54, 1.807) is 6.07 Å². The first-order valence-corrected chi connectivity index (χ1v) is 6.54. The minimum absolute atomic E-state index is 0.273. The zero-order chi connectivity index (χ0) is 11.6. The summed E-state index contributed by atoms with van der Waals surface area (Å²) in [5, 5.41) is 0. The van der Waals surface area contributed by atoms with Crippen molar-refractivity contribution in [3.8, 4) is 0 Å². The SMILES string of the molecule is NCc1cc(S(=O)(=O)N2CCOCC2)c[nH]1. The highest BCUT2D eigenvalue weighted by molar-refractivity contribution is 7.89. The Hall–Kier alpha value is -0.890. The smallest absolute Gasteiger partial charge is 0.244 e. The second-order valence-electron chi connectivity index (χ2n) is 3.58. The number of H-pyrrole nitrogens is 1. The summed E-state index contributed by atoms with van der Waals surface area (Å²) < 4.78 is 30.8. The number of hydrogen-bond donors (Lipinski definition) is 2. The van der Waals surface area contributed by atoms with Crippen LogP contribution in [-0.4, -0.2) is 44.0 Å². The molecular weight excluding hydrogens is 230 g/mol. The molecule has 0 saturated carbocycles. The maximum Gasteiger partial charge on any atom is 0.244 e. The number of sulfonamides is 1. The zero-order valence-corrected chi connectivity index (χ0v) is 9.66. The molecule has 1 aromatic heterocycles. The Labute approximate surface area is 94.4 Å². The third kappa shape index (κ3) is 2.12. The average molecular weight is 245 g/mol. The molecule has 1 aliphatic heterocycles. The van der Waals surface area contributed by atoms with Crippen LogP contribution in [0.25, 0.3) is 0 Å². The predicted molar refractivity (Wildman–Crippen MR) is 58.3 cm³/mol. The average Bonchev–Trinajstić information content (AvgIpc) is 2.79. The molecule has 0 atom stereocenters. The monoisotopic (exact) mass is 245 g/mol. The number of hydrogen-bond acceptors (Lipinski definition) is 4. The van der Waals surface area contributed by atoms with Crippen LogP contribution in [0.1, 0.15) is 5.69 Å². The summed E-state index contributed by atoms with van der Waals surface area (Å²) in [6, 6.07) is 1.57. The first kappa shape index (κ1) is 11.6. The molecule has 0 aromatic carbocycles. The van der Waals surface area contributed by atoms with E-state index < -0.39 is 10.0 Å². The molecule has 0 bridgehead atoms. The standard InChI is InChI=1S/C9H15N3O3S/c10-6-8-5-9(7-11-8)16(13,14)12-1-3-15-4-2-12/h5,7,11H,1-4,6,10H2. The summed E-state index contributed by atoms with van der Waals surface area (Å²) in [5.74, 6) is 0. The van der Waals surface area contributed by atoms with Gasteiger partial charge in [-0.25, -0.2) is 8.42 Å². The molecule has 90 valence electrons. The summed E-state index contributed by atoms with van der Waals surface area (Å²) in [6.07, 6.45) is 1.48. The van der Waals surface area contributed by atoms with E-state index in [1.165, 1.54) is 10.5 Å². The molecule has 0 spiro atoms. The summed E-state index contributed by atoms with van der Waals surface area (Å²) in [5.41, 5.74) is 6.14. The van der Waals surface area contributed by atoms with Crippen molar-refractivity contribution in [1.82, 2.24) is 9.29 Å². The van der Waals surface area contributed by atoms with Crippen LogP contribution < -0.4 is 5.73 Å². The Bertz CT molecular complexity index is 448. The van der Waals surface area contributed by atoms with Crippen molar-refractivity contribution in [2.24, 2.45) is 5.73 Å². The van der Waals surface area contributed by atoms with E-state index in [1.807, 2.05) is 0 Å². The maximum atomic E-state index is 12.1. The van der Waals surface area contributed by atoms with E-state index >= 15 is 0 Å². The van der Waals surface area contributed by atoms with E-state index in [2.05, 4.69) is 4.98 Å². The Morgan fingerprint density at radius 2 is 2.12 bits per heavy atom. The lowest BCUT2D eigenvalue weighted by atomic mass is 10.4. The van der Waals surface area contributed by atoms with Gasteiger partial charge in [-0.2, -0.15) is 4.31 Å². The van der Waals surface area contributed by atoms with Gasteiger partial charge in [-0.15, -0.1) is 0 Å². The molecule has 1 aliphatic rings. The lowest BCUT2D eigenvalue weighted by molar-refractivity contribution is 0.0730. The molecule has 0 aliphatic carbocycles. The Morgan fingerprint density at radius 1 is 1.44 bits per heavy atom. The normalized spacial score (nSPS) is 18.8. The van der Waals surface area contributed by atoms with Gasteiger partial charge in [0.15, 0.2) is 0 Å². The highest BCUT2D eigenvalue weighted by atomic mass is 32.2. The number of nitrogens with zero attached hydrogens (tertiary/aromatic N) is 1. The van der Waals surface area contributed by atoms with Gasteiger partial charge in [0.05, 0.1) is 18.1 Å². The number of aromatic amines is 1. The van der Waals surface area contributed by atoms with Crippen LogP contribution in [0.15, 0.2) is 17.2 Å². The number of ether oxygens (including phenoxy) is 1. The van der Waals surface area contributed by atoms with Crippen LogP contribution >= 0.6 is 0 Å². The third-order valence-electron chi connectivity index (χ3n) is 2.54. The molecule has 3 N–H and O–H groups in total. The fourth-order valence-electron chi connectivity index (χ4n) is 1.62. The highest BCUT2D eigenvalue weighted by Crippen LogP contribution is 2.17. The van der Waals surface area contributed by atoms with Gasteiger partial charge in [0.1, 0.15) is 0 Å². The summed E-state index contributed by atoms with van der Waals surface area (Å²) in [7, 11) is -3.38. The van der Waals surface area contributed by atoms with Gasteiger partial charge in [-0.05, 0) is 6.07 Å². The molecule has 1 fully saturated rings. The Kier molecular flexibility index (Phi) is 3.29. The van der Waals surface area contributed by atoms with Gasteiger partial charge >= 0.3 is 0 Å². The summed E-state index contributed by atoms with van der Waals surface area (Å²) in [6.45, 7) is 2.02. The molecule has 0 unspecified atom stereocenters. The number of rotatable bonds is 3. The van der Waals surface area contributed by atoms with E-state index in [9.17, 15) is 8.42 Å². The van der Waals surface area contributed by atoms with Gasteiger partial charge < -0.3 is 15.5 Å². The first-order chi connectivity index (χ1) is 7.64. The van der Waals surface area contributed by atoms with Crippen LogP contribution in [0.3, 0.4) is 0 Å². The largest absolute Gasteiger partial charge is 0.379 e. The summed E-state index contributed by atoms with van der Waals surface area (Å²) in [4.78, 5) is 3.11. The van der Waals surface area contributed by atoms with Crippen LogP contribution in [0.2, 0.25) is 0 Å². The topological polar surface area (TPSA) is 88.4 Å². The molecule has 0 radical (unpaired) electrons. The molecule has 7 heteroatoms. The van der Waals surface area contributed by atoms with Crippen LogP contribution in [0, 0.1) is 0 Å². The van der Waals surface area contributed by atoms with Crippen molar-refractivity contribution in [3.05, 3.63) is 18.0 Å². The number of morpholine rings is 1. The van der Waals surface area contributed by atoms with Crippen molar-refractivity contribution in [2.75, 3.05) is 26.3 Å². The van der Waals surface area contributed by atoms with Crippen LogP contribution in [-0.2, 0) is 21.3 Å². The molecule has 6 nitrogen and oxygen atoms in total. The minimum atomic E-state index is -3.38.